The summed E-state index contributed by atoms with van der Waals surface area (Å²) in [5, 5.41) is 7.90. The van der Waals surface area contributed by atoms with Gasteiger partial charge in [0.15, 0.2) is 0 Å². The summed E-state index contributed by atoms with van der Waals surface area (Å²) in [5.41, 5.74) is 5.61. The molecule has 0 spiro atoms. The van der Waals surface area contributed by atoms with E-state index in [-0.39, 0.29) is 0 Å². The molecule has 0 atom stereocenters. The van der Waals surface area contributed by atoms with Gasteiger partial charge >= 0.3 is 0 Å². The monoisotopic (exact) mass is 255 g/mol. The van der Waals surface area contributed by atoms with Gasteiger partial charge in [0.25, 0.3) is 0 Å². The Bertz CT molecular complexity index is 557. The van der Waals surface area contributed by atoms with Crippen LogP contribution in [-0.2, 0) is 25.9 Å². The van der Waals surface area contributed by atoms with E-state index in [2.05, 4.69) is 41.6 Å². The first-order chi connectivity index (χ1) is 9.38. The van der Waals surface area contributed by atoms with Gasteiger partial charge in [-0.05, 0) is 55.9 Å². The predicted octanol–water partition coefficient (Wildman–Crippen LogP) is 3.39. The molecule has 3 heteroatoms. The van der Waals surface area contributed by atoms with Crippen LogP contribution in [0.25, 0.3) is 0 Å². The van der Waals surface area contributed by atoms with Crippen molar-refractivity contribution in [3.8, 4) is 0 Å². The molecule has 1 N–H and O–H groups in total. The molecule has 0 bridgehead atoms. The lowest BCUT2D eigenvalue weighted by atomic mass is 9.90. The number of aryl methyl sites for hydroxylation is 2. The third-order valence-electron chi connectivity index (χ3n) is 3.96. The number of hydrogen-bond acceptors (Lipinski definition) is 2. The SMILES string of the molecule is CCn1nccc1CNc1cccc2c1CCCC2. The number of benzene rings is 1. The van der Waals surface area contributed by atoms with Crippen molar-refractivity contribution >= 4 is 5.69 Å². The van der Waals surface area contributed by atoms with Gasteiger partial charge < -0.3 is 5.32 Å². The Morgan fingerprint density at radius 3 is 3.00 bits per heavy atom. The molecule has 100 valence electrons. The van der Waals surface area contributed by atoms with Gasteiger partial charge in [0.2, 0.25) is 0 Å². The highest BCUT2D eigenvalue weighted by Crippen LogP contribution is 2.28. The maximum absolute atomic E-state index is 4.31. The summed E-state index contributed by atoms with van der Waals surface area (Å²) in [5.74, 6) is 0. The lowest BCUT2D eigenvalue weighted by Crippen LogP contribution is -2.11. The van der Waals surface area contributed by atoms with Crippen LogP contribution in [0.2, 0.25) is 0 Å². The summed E-state index contributed by atoms with van der Waals surface area (Å²) in [6.07, 6.45) is 6.97. The summed E-state index contributed by atoms with van der Waals surface area (Å²) in [6.45, 7) is 3.90. The minimum Gasteiger partial charge on any atom is -0.379 e. The second kappa shape index (κ2) is 5.47. The van der Waals surface area contributed by atoms with Crippen molar-refractivity contribution in [1.82, 2.24) is 9.78 Å². The largest absolute Gasteiger partial charge is 0.379 e. The Morgan fingerprint density at radius 2 is 2.11 bits per heavy atom. The van der Waals surface area contributed by atoms with E-state index in [0.717, 1.165) is 13.1 Å². The van der Waals surface area contributed by atoms with E-state index in [4.69, 9.17) is 0 Å². The summed E-state index contributed by atoms with van der Waals surface area (Å²) in [7, 11) is 0. The minimum atomic E-state index is 0.851. The number of fused-ring (bicyclic) bond motifs is 1. The highest BCUT2D eigenvalue weighted by molar-refractivity contribution is 5.55. The standard InChI is InChI=1S/C16H21N3/c1-2-19-14(10-11-18-19)12-17-16-9-5-7-13-6-3-4-8-15(13)16/h5,7,9-11,17H,2-4,6,8,12H2,1H3. The fraction of sp³-hybridized carbons (Fsp3) is 0.438. The summed E-state index contributed by atoms with van der Waals surface area (Å²) >= 11 is 0. The van der Waals surface area contributed by atoms with Crippen molar-refractivity contribution in [2.45, 2.75) is 45.7 Å². The lowest BCUT2D eigenvalue weighted by Gasteiger charge is -2.20. The van der Waals surface area contributed by atoms with Crippen molar-refractivity contribution in [3.63, 3.8) is 0 Å². The van der Waals surface area contributed by atoms with Crippen LogP contribution >= 0.6 is 0 Å². The molecule has 1 heterocycles. The second-order valence-corrected chi connectivity index (χ2v) is 5.14. The molecule has 1 aliphatic carbocycles. The lowest BCUT2D eigenvalue weighted by molar-refractivity contribution is 0.627. The first-order valence-corrected chi connectivity index (χ1v) is 7.24. The average molecular weight is 255 g/mol. The smallest absolute Gasteiger partial charge is 0.0575 e. The third-order valence-corrected chi connectivity index (χ3v) is 3.96. The van der Waals surface area contributed by atoms with E-state index in [1.165, 1.54) is 48.2 Å². The average Bonchev–Trinajstić information content (AvgIpc) is 2.92. The molecule has 1 aliphatic rings. The van der Waals surface area contributed by atoms with E-state index >= 15 is 0 Å². The van der Waals surface area contributed by atoms with Crippen LogP contribution in [0.5, 0.6) is 0 Å². The Kier molecular flexibility index (Phi) is 3.53. The van der Waals surface area contributed by atoms with Gasteiger partial charge in [-0.1, -0.05) is 12.1 Å². The van der Waals surface area contributed by atoms with E-state index in [1.807, 2.05) is 10.9 Å². The van der Waals surface area contributed by atoms with Crippen LogP contribution in [0, 0.1) is 0 Å². The van der Waals surface area contributed by atoms with Crippen LogP contribution < -0.4 is 5.32 Å². The maximum Gasteiger partial charge on any atom is 0.0575 e. The van der Waals surface area contributed by atoms with E-state index < -0.39 is 0 Å². The van der Waals surface area contributed by atoms with Gasteiger partial charge in [-0.15, -0.1) is 0 Å². The zero-order valence-electron chi connectivity index (χ0n) is 11.5. The Hall–Kier alpha value is -1.77. The molecule has 3 nitrogen and oxygen atoms in total. The molecule has 0 saturated heterocycles. The maximum atomic E-state index is 4.31. The van der Waals surface area contributed by atoms with Crippen LogP contribution in [0.15, 0.2) is 30.5 Å². The molecule has 0 unspecified atom stereocenters. The number of anilines is 1. The number of nitrogens with zero attached hydrogens (tertiary/aromatic N) is 2. The van der Waals surface area contributed by atoms with E-state index in [0.29, 0.717) is 0 Å². The van der Waals surface area contributed by atoms with Crippen LogP contribution in [0.1, 0.15) is 36.6 Å². The highest BCUT2D eigenvalue weighted by atomic mass is 15.3. The summed E-state index contributed by atoms with van der Waals surface area (Å²) < 4.78 is 2.04. The molecule has 1 aromatic heterocycles. The number of rotatable bonds is 4. The van der Waals surface area contributed by atoms with Gasteiger partial charge in [-0.3, -0.25) is 4.68 Å². The molecule has 0 amide bonds. The second-order valence-electron chi connectivity index (χ2n) is 5.14. The minimum absolute atomic E-state index is 0.851. The third kappa shape index (κ3) is 2.50. The fourth-order valence-corrected chi connectivity index (χ4v) is 2.93. The Labute approximate surface area is 114 Å². The first-order valence-electron chi connectivity index (χ1n) is 7.24. The van der Waals surface area contributed by atoms with Crippen LogP contribution in [-0.4, -0.2) is 9.78 Å². The Morgan fingerprint density at radius 1 is 1.21 bits per heavy atom. The summed E-state index contributed by atoms with van der Waals surface area (Å²) in [4.78, 5) is 0. The molecule has 0 fully saturated rings. The van der Waals surface area contributed by atoms with Gasteiger partial charge in [0, 0.05) is 18.4 Å². The van der Waals surface area contributed by atoms with Gasteiger partial charge in [-0.2, -0.15) is 5.10 Å². The van der Waals surface area contributed by atoms with Crippen LogP contribution in [0.4, 0.5) is 5.69 Å². The van der Waals surface area contributed by atoms with Crippen molar-refractivity contribution in [3.05, 3.63) is 47.3 Å². The molecule has 0 saturated carbocycles. The number of nitrogens with one attached hydrogen (secondary N) is 1. The zero-order valence-corrected chi connectivity index (χ0v) is 11.5. The quantitative estimate of drug-likeness (QED) is 0.907. The van der Waals surface area contributed by atoms with Crippen molar-refractivity contribution in [1.29, 1.82) is 0 Å². The number of hydrogen-bond donors (Lipinski definition) is 1. The van der Waals surface area contributed by atoms with E-state index in [9.17, 15) is 0 Å². The van der Waals surface area contributed by atoms with Gasteiger partial charge in [0.05, 0.1) is 12.2 Å². The van der Waals surface area contributed by atoms with Crippen LogP contribution in [0.3, 0.4) is 0 Å². The Balaban J connectivity index is 1.77. The first kappa shape index (κ1) is 12.3. The van der Waals surface area contributed by atoms with Gasteiger partial charge in [0.1, 0.15) is 0 Å². The molecular formula is C16H21N3. The van der Waals surface area contributed by atoms with E-state index in [1.54, 1.807) is 0 Å². The molecule has 3 rings (SSSR count). The molecular weight excluding hydrogens is 234 g/mol. The normalized spacial score (nSPS) is 14.2. The summed E-state index contributed by atoms with van der Waals surface area (Å²) in [6, 6.07) is 8.74. The highest BCUT2D eigenvalue weighted by Gasteiger charge is 2.12. The molecule has 19 heavy (non-hydrogen) atoms. The van der Waals surface area contributed by atoms with Gasteiger partial charge in [-0.25, -0.2) is 0 Å². The molecule has 0 radical (unpaired) electrons. The number of aromatic nitrogens is 2. The van der Waals surface area contributed by atoms with Crippen molar-refractivity contribution in [2.24, 2.45) is 0 Å². The topological polar surface area (TPSA) is 29.9 Å². The van der Waals surface area contributed by atoms with Crippen molar-refractivity contribution in [2.75, 3.05) is 5.32 Å². The molecule has 1 aromatic carbocycles. The molecule has 0 aliphatic heterocycles. The fourth-order valence-electron chi connectivity index (χ4n) is 2.93. The predicted molar refractivity (Wildman–Crippen MR) is 78.3 cm³/mol. The molecule has 2 aromatic rings. The van der Waals surface area contributed by atoms with Crippen molar-refractivity contribution < 1.29 is 0 Å². The zero-order chi connectivity index (χ0) is 13.1.